The average molecular weight is 256 g/mol. The molecule has 0 bridgehead atoms. The van der Waals surface area contributed by atoms with E-state index >= 15 is 0 Å². The van der Waals surface area contributed by atoms with Crippen LogP contribution in [-0.4, -0.2) is 21.6 Å². The second-order valence-corrected chi connectivity index (χ2v) is 4.55. The number of aliphatic hydroxyl groups is 1. The summed E-state index contributed by atoms with van der Waals surface area (Å²) in [6, 6.07) is 9.05. The molecule has 0 heterocycles. The van der Waals surface area contributed by atoms with Crippen LogP contribution < -0.4 is 4.74 Å². The Morgan fingerprint density at radius 1 is 1.29 bits per heavy atom. The van der Waals surface area contributed by atoms with Crippen LogP contribution in [0.15, 0.2) is 30.3 Å². The molecule has 1 N–H and O–H groups in total. The number of para-hydroxylation sites is 1. The van der Waals surface area contributed by atoms with E-state index in [0.717, 1.165) is 0 Å². The van der Waals surface area contributed by atoms with Crippen LogP contribution in [0, 0.1) is 0 Å². The van der Waals surface area contributed by atoms with Gasteiger partial charge in [0.25, 0.3) is 0 Å². The van der Waals surface area contributed by atoms with E-state index in [4.69, 9.17) is 44.6 Å². The maximum Gasteiger partial charge on any atom is 0.234 e. The number of rotatable bonds is 4. The van der Waals surface area contributed by atoms with Crippen LogP contribution in [-0.2, 0) is 0 Å². The molecular weight excluding hydrogens is 246 g/mol. The number of alkyl halides is 3. The lowest BCUT2D eigenvalue weighted by atomic mass is 10.3. The Balaban J connectivity index is 2.42. The second-order valence-electron chi connectivity index (χ2n) is 2.68. The first kappa shape index (κ1) is 11.9. The van der Waals surface area contributed by atoms with Crippen molar-refractivity contribution in [2.45, 2.75) is 9.90 Å². The molecule has 0 radical (unpaired) electrons. The van der Waals surface area contributed by atoms with E-state index in [0.29, 0.717) is 5.75 Å². The SMILES string of the molecule is OC(Cl)(Cl)C(Cl)COc1ccccc1. The van der Waals surface area contributed by atoms with Gasteiger partial charge in [0.2, 0.25) is 4.52 Å². The van der Waals surface area contributed by atoms with Gasteiger partial charge in [-0.05, 0) is 12.1 Å². The molecule has 1 aromatic rings. The second kappa shape index (κ2) is 5.08. The first-order valence-corrected chi connectivity index (χ1v) is 5.11. The van der Waals surface area contributed by atoms with Crippen molar-refractivity contribution in [1.29, 1.82) is 0 Å². The van der Waals surface area contributed by atoms with Gasteiger partial charge >= 0.3 is 0 Å². The Morgan fingerprint density at radius 3 is 2.36 bits per heavy atom. The predicted octanol–water partition coefficient (Wildman–Crippen LogP) is 2.80. The molecule has 1 aromatic carbocycles. The van der Waals surface area contributed by atoms with Gasteiger partial charge in [-0.2, -0.15) is 0 Å². The Labute approximate surface area is 97.3 Å². The largest absolute Gasteiger partial charge is 0.492 e. The highest BCUT2D eigenvalue weighted by molar-refractivity contribution is 6.50. The Hall–Kier alpha value is -0.150. The Morgan fingerprint density at radius 2 is 1.86 bits per heavy atom. The zero-order valence-electron chi connectivity index (χ0n) is 7.16. The van der Waals surface area contributed by atoms with Crippen molar-refractivity contribution in [2.75, 3.05) is 6.61 Å². The molecule has 0 aliphatic heterocycles. The fourth-order valence-corrected chi connectivity index (χ4v) is 0.975. The van der Waals surface area contributed by atoms with Gasteiger partial charge in [-0.3, -0.25) is 0 Å². The van der Waals surface area contributed by atoms with Gasteiger partial charge in [-0.25, -0.2) is 0 Å². The van der Waals surface area contributed by atoms with Crippen molar-refractivity contribution in [1.82, 2.24) is 0 Å². The molecule has 0 amide bonds. The third kappa shape index (κ3) is 3.93. The first-order chi connectivity index (χ1) is 6.50. The number of ether oxygens (including phenoxy) is 1. The highest BCUT2D eigenvalue weighted by Crippen LogP contribution is 2.26. The lowest BCUT2D eigenvalue weighted by Crippen LogP contribution is -2.31. The summed E-state index contributed by atoms with van der Waals surface area (Å²) < 4.78 is 3.26. The minimum absolute atomic E-state index is 0.0368. The van der Waals surface area contributed by atoms with Gasteiger partial charge in [0.15, 0.2) is 0 Å². The number of hydrogen-bond acceptors (Lipinski definition) is 2. The molecule has 0 aromatic heterocycles. The summed E-state index contributed by atoms with van der Waals surface area (Å²) in [5.41, 5.74) is 0. The van der Waals surface area contributed by atoms with Crippen LogP contribution in [0.25, 0.3) is 0 Å². The number of hydrogen-bond donors (Lipinski definition) is 1. The summed E-state index contributed by atoms with van der Waals surface area (Å²) in [5.74, 6) is 0.649. The molecule has 1 unspecified atom stereocenters. The maximum atomic E-state index is 9.08. The number of benzene rings is 1. The minimum atomic E-state index is -1.98. The van der Waals surface area contributed by atoms with Crippen LogP contribution in [0.2, 0.25) is 0 Å². The van der Waals surface area contributed by atoms with E-state index in [1.165, 1.54) is 0 Å². The average Bonchev–Trinajstić information content (AvgIpc) is 2.14. The Kier molecular flexibility index (Phi) is 4.32. The summed E-state index contributed by atoms with van der Waals surface area (Å²) in [6.07, 6.45) is 0. The lowest BCUT2D eigenvalue weighted by Gasteiger charge is -2.18. The van der Waals surface area contributed by atoms with Gasteiger partial charge < -0.3 is 9.84 Å². The molecule has 78 valence electrons. The molecule has 1 atom stereocenters. The summed E-state index contributed by atoms with van der Waals surface area (Å²) in [6.45, 7) is 0.0368. The molecule has 0 aliphatic rings. The van der Waals surface area contributed by atoms with Crippen molar-refractivity contribution in [2.24, 2.45) is 0 Å². The molecule has 2 nitrogen and oxygen atoms in total. The normalized spacial score (nSPS) is 13.7. The van der Waals surface area contributed by atoms with Crippen molar-refractivity contribution in [3.8, 4) is 5.75 Å². The minimum Gasteiger partial charge on any atom is -0.492 e. The lowest BCUT2D eigenvalue weighted by molar-refractivity contribution is 0.176. The molecule has 0 spiro atoms. The third-order valence-electron chi connectivity index (χ3n) is 1.52. The molecule has 1 rings (SSSR count). The highest BCUT2D eigenvalue weighted by atomic mass is 35.5. The molecule has 0 saturated heterocycles. The molecular formula is C9H9Cl3O2. The molecule has 0 fully saturated rings. The standard InChI is InChI=1S/C9H9Cl3O2/c10-8(9(11,12)13)6-14-7-4-2-1-3-5-7/h1-5,8,13H,6H2. The van der Waals surface area contributed by atoms with Gasteiger partial charge in [0, 0.05) is 0 Å². The van der Waals surface area contributed by atoms with E-state index in [2.05, 4.69) is 0 Å². The van der Waals surface area contributed by atoms with Crippen LogP contribution in [0.1, 0.15) is 0 Å². The fourth-order valence-electron chi connectivity index (χ4n) is 0.786. The summed E-state index contributed by atoms with van der Waals surface area (Å²) in [5, 5.41) is 8.20. The van der Waals surface area contributed by atoms with Crippen molar-refractivity contribution in [3.05, 3.63) is 30.3 Å². The van der Waals surface area contributed by atoms with E-state index in [9.17, 15) is 0 Å². The van der Waals surface area contributed by atoms with Crippen LogP contribution in [0.3, 0.4) is 0 Å². The summed E-state index contributed by atoms with van der Waals surface area (Å²) in [7, 11) is 0. The van der Waals surface area contributed by atoms with Crippen LogP contribution >= 0.6 is 34.8 Å². The molecule has 14 heavy (non-hydrogen) atoms. The zero-order valence-corrected chi connectivity index (χ0v) is 9.43. The molecule has 0 aliphatic carbocycles. The maximum absolute atomic E-state index is 9.08. The summed E-state index contributed by atoms with van der Waals surface area (Å²) >= 11 is 16.4. The smallest absolute Gasteiger partial charge is 0.234 e. The zero-order chi connectivity index (χ0) is 10.6. The van der Waals surface area contributed by atoms with Crippen molar-refractivity contribution >= 4 is 34.8 Å². The van der Waals surface area contributed by atoms with Gasteiger partial charge in [0.05, 0.1) is 0 Å². The third-order valence-corrected chi connectivity index (χ3v) is 2.71. The van der Waals surface area contributed by atoms with E-state index in [1.807, 2.05) is 18.2 Å². The first-order valence-electron chi connectivity index (χ1n) is 3.92. The molecule has 0 saturated carbocycles. The number of halogens is 3. The summed E-state index contributed by atoms with van der Waals surface area (Å²) in [4.78, 5) is 0. The van der Waals surface area contributed by atoms with Gasteiger partial charge in [-0.1, -0.05) is 41.4 Å². The fraction of sp³-hybridized carbons (Fsp3) is 0.333. The van der Waals surface area contributed by atoms with Gasteiger partial charge in [-0.15, -0.1) is 11.6 Å². The monoisotopic (exact) mass is 254 g/mol. The van der Waals surface area contributed by atoms with E-state index in [1.54, 1.807) is 12.1 Å². The van der Waals surface area contributed by atoms with E-state index < -0.39 is 9.90 Å². The van der Waals surface area contributed by atoms with Crippen LogP contribution in [0.5, 0.6) is 5.75 Å². The Bertz CT molecular complexity index is 271. The highest BCUT2D eigenvalue weighted by Gasteiger charge is 2.31. The van der Waals surface area contributed by atoms with Gasteiger partial charge in [0.1, 0.15) is 17.7 Å². The van der Waals surface area contributed by atoms with E-state index in [-0.39, 0.29) is 6.61 Å². The molecule has 5 heteroatoms. The quantitative estimate of drug-likeness (QED) is 0.839. The van der Waals surface area contributed by atoms with Crippen LogP contribution in [0.4, 0.5) is 0 Å². The topological polar surface area (TPSA) is 29.5 Å². The van der Waals surface area contributed by atoms with Crippen molar-refractivity contribution < 1.29 is 9.84 Å². The predicted molar refractivity (Wildman–Crippen MR) is 58.2 cm³/mol. The van der Waals surface area contributed by atoms with Crippen molar-refractivity contribution in [3.63, 3.8) is 0 Å².